The highest BCUT2D eigenvalue weighted by atomic mass is 35.5. The highest BCUT2D eigenvalue weighted by Crippen LogP contribution is 2.27. The average molecular weight is 258 g/mol. The Labute approximate surface area is 110 Å². The van der Waals surface area contributed by atoms with Gasteiger partial charge >= 0.3 is 0 Å². The van der Waals surface area contributed by atoms with Crippen molar-refractivity contribution < 1.29 is 0 Å². The Balaban J connectivity index is 2.08. The fraction of sp³-hybridized carbons (Fsp3) is 0.0714. The second kappa shape index (κ2) is 4.70. The summed E-state index contributed by atoms with van der Waals surface area (Å²) in [5, 5.41) is 0.747. The molecule has 1 unspecified atom stereocenters. The van der Waals surface area contributed by atoms with Crippen LogP contribution < -0.4 is 0 Å². The van der Waals surface area contributed by atoms with Crippen LogP contribution in [0.5, 0.6) is 0 Å². The van der Waals surface area contributed by atoms with Crippen molar-refractivity contribution in [3.05, 3.63) is 77.6 Å². The number of aromatic amines is 1. The smallest absolute Gasteiger partial charge is 0.0954 e. The summed E-state index contributed by atoms with van der Waals surface area (Å²) in [6, 6.07) is 10.1. The van der Waals surface area contributed by atoms with Crippen molar-refractivity contribution in [3.63, 3.8) is 0 Å². The maximum absolute atomic E-state index is 5.94. The molecule has 1 N–H and O–H groups in total. The lowest BCUT2D eigenvalue weighted by Gasteiger charge is -2.18. The molecular weight excluding hydrogens is 246 g/mol. The van der Waals surface area contributed by atoms with Gasteiger partial charge in [-0.2, -0.15) is 0 Å². The van der Waals surface area contributed by atoms with E-state index in [2.05, 4.69) is 20.6 Å². The van der Waals surface area contributed by atoms with Gasteiger partial charge in [-0.1, -0.05) is 23.7 Å². The molecule has 0 radical (unpaired) electrons. The Morgan fingerprint density at radius 2 is 1.94 bits per heavy atom. The predicted octanol–water partition coefficient (Wildman–Crippen LogP) is 3.50. The number of rotatable bonds is 3. The number of aromatic nitrogens is 3. The van der Waals surface area contributed by atoms with Crippen LogP contribution in [0, 0.1) is 0 Å². The van der Waals surface area contributed by atoms with E-state index in [4.69, 9.17) is 11.6 Å². The molecular formula is C14H12ClN3. The van der Waals surface area contributed by atoms with Gasteiger partial charge < -0.3 is 9.55 Å². The van der Waals surface area contributed by atoms with Gasteiger partial charge in [-0.05, 0) is 29.3 Å². The summed E-state index contributed by atoms with van der Waals surface area (Å²) >= 11 is 5.94. The van der Waals surface area contributed by atoms with Crippen molar-refractivity contribution in [1.82, 2.24) is 14.5 Å². The monoisotopic (exact) mass is 257 g/mol. The molecule has 0 bridgehead atoms. The molecule has 0 spiro atoms. The lowest BCUT2D eigenvalue weighted by molar-refractivity contribution is 0.677. The predicted molar refractivity (Wildman–Crippen MR) is 71.7 cm³/mol. The van der Waals surface area contributed by atoms with Gasteiger partial charge in [0.05, 0.1) is 12.4 Å². The van der Waals surface area contributed by atoms with Crippen molar-refractivity contribution in [2.75, 3.05) is 0 Å². The lowest BCUT2D eigenvalue weighted by Crippen LogP contribution is -2.09. The number of hydrogen-bond donors (Lipinski definition) is 1. The third kappa shape index (κ3) is 2.05. The Kier molecular flexibility index (Phi) is 2.90. The molecule has 0 fully saturated rings. The molecule has 3 aromatic rings. The van der Waals surface area contributed by atoms with E-state index in [9.17, 15) is 0 Å². The van der Waals surface area contributed by atoms with Crippen molar-refractivity contribution in [2.24, 2.45) is 0 Å². The molecule has 1 aromatic carbocycles. The summed E-state index contributed by atoms with van der Waals surface area (Å²) < 4.78 is 2.08. The first-order chi connectivity index (χ1) is 8.84. The maximum Gasteiger partial charge on any atom is 0.0954 e. The highest BCUT2D eigenvalue weighted by molar-refractivity contribution is 6.30. The minimum absolute atomic E-state index is 0.121. The van der Waals surface area contributed by atoms with Gasteiger partial charge in [-0.15, -0.1) is 0 Å². The van der Waals surface area contributed by atoms with E-state index in [-0.39, 0.29) is 6.04 Å². The van der Waals surface area contributed by atoms with Crippen molar-refractivity contribution in [2.45, 2.75) is 6.04 Å². The van der Waals surface area contributed by atoms with Crippen molar-refractivity contribution in [1.29, 1.82) is 0 Å². The van der Waals surface area contributed by atoms with Gasteiger partial charge in [0.15, 0.2) is 0 Å². The van der Waals surface area contributed by atoms with Gasteiger partial charge in [-0.3, -0.25) is 0 Å². The van der Waals surface area contributed by atoms with Gasteiger partial charge in [-0.25, -0.2) is 4.98 Å². The molecule has 2 aromatic heterocycles. The second-order valence-electron chi connectivity index (χ2n) is 4.11. The van der Waals surface area contributed by atoms with E-state index < -0.39 is 0 Å². The third-order valence-corrected chi connectivity index (χ3v) is 3.20. The Morgan fingerprint density at radius 3 is 2.56 bits per heavy atom. The minimum Gasteiger partial charge on any atom is -0.367 e. The van der Waals surface area contributed by atoms with Crippen LogP contribution in [0.1, 0.15) is 17.2 Å². The number of H-pyrrole nitrogens is 1. The molecule has 0 aliphatic carbocycles. The zero-order chi connectivity index (χ0) is 12.4. The van der Waals surface area contributed by atoms with Crippen LogP contribution >= 0.6 is 11.6 Å². The molecule has 2 heterocycles. The average Bonchev–Trinajstić information content (AvgIpc) is 3.06. The molecule has 0 amide bonds. The third-order valence-electron chi connectivity index (χ3n) is 2.95. The second-order valence-corrected chi connectivity index (χ2v) is 4.54. The summed E-state index contributed by atoms with van der Waals surface area (Å²) in [6.07, 6.45) is 9.50. The molecule has 3 rings (SSSR count). The fourth-order valence-electron chi connectivity index (χ4n) is 2.11. The number of hydrogen-bond acceptors (Lipinski definition) is 1. The summed E-state index contributed by atoms with van der Waals surface area (Å²) in [7, 11) is 0. The van der Waals surface area contributed by atoms with E-state index >= 15 is 0 Å². The normalized spacial score (nSPS) is 12.5. The molecule has 0 saturated carbocycles. The van der Waals surface area contributed by atoms with E-state index in [0.717, 1.165) is 5.02 Å². The Hall–Kier alpha value is -2.00. The van der Waals surface area contributed by atoms with E-state index in [1.54, 1.807) is 6.20 Å². The first kappa shape index (κ1) is 11.1. The molecule has 4 heteroatoms. The summed E-state index contributed by atoms with van der Waals surface area (Å²) in [5.41, 5.74) is 2.37. The minimum atomic E-state index is 0.121. The quantitative estimate of drug-likeness (QED) is 0.765. The van der Waals surface area contributed by atoms with E-state index in [0.29, 0.717) is 0 Å². The van der Waals surface area contributed by atoms with Crippen molar-refractivity contribution in [3.8, 4) is 0 Å². The summed E-state index contributed by atoms with van der Waals surface area (Å²) in [4.78, 5) is 7.22. The molecule has 0 aliphatic rings. The number of nitrogens with one attached hydrogen (secondary N) is 1. The van der Waals surface area contributed by atoms with Crippen LogP contribution in [-0.2, 0) is 0 Å². The zero-order valence-corrected chi connectivity index (χ0v) is 10.4. The summed E-state index contributed by atoms with van der Waals surface area (Å²) in [5.74, 6) is 0. The van der Waals surface area contributed by atoms with Gasteiger partial charge in [0.25, 0.3) is 0 Å². The van der Waals surface area contributed by atoms with Crippen LogP contribution in [-0.4, -0.2) is 14.5 Å². The van der Waals surface area contributed by atoms with Gasteiger partial charge in [0.2, 0.25) is 0 Å². The van der Waals surface area contributed by atoms with Gasteiger partial charge in [0.1, 0.15) is 0 Å². The van der Waals surface area contributed by atoms with Crippen LogP contribution in [0.3, 0.4) is 0 Å². The molecule has 18 heavy (non-hydrogen) atoms. The molecule has 3 nitrogen and oxygen atoms in total. The SMILES string of the molecule is Clc1ccc(C(c2cc[nH]c2)n2ccnc2)cc1. The molecule has 90 valence electrons. The number of halogens is 1. The number of nitrogens with zero attached hydrogens (tertiary/aromatic N) is 2. The Morgan fingerprint density at radius 1 is 1.11 bits per heavy atom. The first-order valence-corrected chi connectivity index (χ1v) is 6.08. The Bertz CT molecular complexity index is 563. The van der Waals surface area contributed by atoms with Crippen molar-refractivity contribution >= 4 is 11.6 Å². The van der Waals surface area contributed by atoms with Gasteiger partial charge in [0, 0.05) is 29.8 Å². The van der Waals surface area contributed by atoms with E-state index in [1.165, 1.54) is 11.1 Å². The number of imidazole rings is 1. The van der Waals surface area contributed by atoms with Crippen LogP contribution in [0.2, 0.25) is 5.02 Å². The van der Waals surface area contributed by atoms with Crippen LogP contribution in [0.15, 0.2) is 61.4 Å². The molecule has 0 saturated heterocycles. The largest absolute Gasteiger partial charge is 0.367 e. The van der Waals surface area contributed by atoms with Crippen LogP contribution in [0.4, 0.5) is 0 Å². The lowest BCUT2D eigenvalue weighted by atomic mass is 10.0. The van der Waals surface area contributed by atoms with E-state index in [1.807, 2.05) is 49.2 Å². The van der Waals surface area contributed by atoms with Crippen LogP contribution in [0.25, 0.3) is 0 Å². The molecule has 1 atom stereocenters. The summed E-state index contributed by atoms with van der Waals surface area (Å²) in [6.45, 7) is 0. The standard InChI is InChI=1S/C14H12ClN3/c15-13-3-1-11(2-4-13)14(12-5-6-16-9-12)18-8-7-17-10-18/h1-10,14,16H. The fourth-order valence-corrected chi connectivity index (χ4v) is 2.24. The topological polar surface area (TPSA) is 33.6 Å². The number of benzene rings is 1. The molecule has 0 aliphatic heterocycles. The highest BCUT2D eigenvalue weighted by Gasteiger charge is 2.15. The maximum atomic E-state index is 5.94. The zero-order valence-electron chi connectivity index (χ0n) is 9.62. The first-order valence-electron chi connectivity index (χ1n) is 5.70.